The van der Waals surface area contributed by atoms with Crippen LogP contribution in [0.25, 0.3) is 0 Å². The van der Waals surface area contributed by atoms with Gasteiger partial charge in [0.05, 0.1) is 6.42 Å². The number of rotatable bonds is 6. The van der Waals surface area contributed by atoms with Gasteiger partial charge in [-0.3, -0.25) is 9.59 Å². The Balaban J connectivity index is 1.61. The van der Waals surface area contributed by atoms with E-state index in [1.54, 1.807) is 24.3 Å². The summed E-state index contributed by atoms with van der Waals surface area (Å²) in [7, 11) is 0. The average Bonchev–Trinajstić information content (AvgIpc) is 3.10. The fourth-order valence-electron chi connectivity index (χ4n) is 2.40. The summed E-state index contributed by atoms with van der Waals surface area (Å²) in [6.07, 6.45) is 0.384. The quantitative estimate of drug-likeness (QED) is 0.623. The molecule has 0 unspecified atom stereocenters. The SMILES string of the molecule is CC(=O)c1cccc(Nc2ccc(NC(=O)Cc3cccs3)cc2)c1. The number of benzene rings is 2. The first-order chi connectivity index (χ1) is 12.1. The van der Waals surface area contributed by atoms with Gasteiger partial charge in [0.1, 0.15) is 0 Å². The van der Waals surface area contributed by atoms with E-state index in [0.29, 0.717) is 12.0 Å². The van der Waals surface area contributed by atoms with E-state index in [1.165, 1.54) is 0 Å². The molecule has 1 amide bonds. The van der Waals surface area contributed by atoms with Gasteiger partial charge in [0.2, 0.25) is 5.91 Å². The monoisotopic (exact) mass is 350 g/mol. The molecule has 0 spiro atoms. The zero-order valence-corrected chi connectivity index (χ0v) is 14.6. The third-order valence-corrected chi connectivity index (χ3v) is 4.52. The summed E-state index contributed by atoms with van der Waals surface area (Å²) in [5.74, 6) is 0.00442. The van der Waals surface area contributed by atoms with Crippen LogP contribution in [0, 0.1) is 0 Å². The van der Waals surface area contributed by atoms with Gasteiger partial charge in [-0.25, -0.2) is 0 Å². The molecule has 0 saturated heterocycles. The molecule has 2 aromatic carbocycles. The minimum atomic E-state index is -0.0303. The van der Waals surface area contributed by atoms with Crippen LogP contribution in [0.2, 0.25) is 0 Å². The van der Waals surface area contributed by atoms with Gasteiger partial charge in [-0.05, 0) is 54.8 Å². The predicted molar refractivity (Wildman–Crippen MR) is 103 cm³/mol. The number of hydrogen-bond acceptors (Lipinski definition) is 4. The fourth-order valence-corrected chi connectivity index (χ4v) is 3.10. The van der Waals surface area contributed by atoms with Crippen molar-refractivity contribution in [3.05, 3.63) is 76.5 Å². The van der Waals surface area contributed by atoms with E-state index in [0.717, 1.165) is 21.9 Å². The normalized spacial score (nSPS) is 10.3. The topological polar surface area (TPSA) is 58.2 Å². The number of hydrogen-bond donors (Lipinski definition) is 2. The highest BCUT2D eigenvalue weighted by molar-refractivity contribution is 7.10. The molecule has 0 radical (unpaired) electrons. The third kappa shape index (κ3) is 4.78. The van der Waals surface area contributed by atoms with Crippen LogP contribution < -0.4 is 10.6 Å². The van der Waals surface area contributed by atoms with Gasteiger partial charge < -0.3 is 10.6 Å². The van der Waals surface area contributed by atoms with Crippen molar-refractivity contribution in [2.75, 3.05) is 10.6 Å². The Kier molecular flexibility index (Phi) is 5.26. The van der Waals surface area contributed by atoms with E-state index in [1.807, 2.05) is 60.0 Å². The van der Waals surface area contributed by atoms with Crippen molar-refractivity contribution in [3.8, 4) is 0 Å². The lowest BCUT2D eigenvalue weighted by molar-refractivity contribution is -0.115. The van der Waals surface area contributed by atoms with Gasteiger partial charge >= 0.3 is 0 Å². The number of carbonyl (C=O) groups is 2. The number of carbonyl (C=O) groups excluding carboxylic acids is 2. The molecule has 0 bridgehead atoms. The fraction of sp³-hybridized carbons (Fsp3) is 0.100. The molecule has 126 valence electrons. The molecule has 3 aromatic rings. The summed E-state index contributed by atoms with van der Waals surface area (Å²) in [5.41, 5.74) is 3.16. The minimum Gasteiger partial charge on any atom is -0.356 e. The van der Waals surface area contributed by atoms with E-state index in [4.69, 9.17) is 0 Å². The van der Waals surface area contributed by atoms with Crippen molar-refractivity contribution < 1.29 is 9.59 Å². The maximum Gasteiger partial charge on any atom is 0.229 e. The van der Waals surface area contributed by atoms with Crippen molar-refractivity contribution in [2.24, 2.45) is 0 Å². The lowest BCUT2D eigenvalue weighted by Crippen LogP contribution is -2.13. The van der Waals surface area contributed by atoms with Crippen LogP contribution >= 0.6 is 11.3 Å². The molecule has 0 aliphatic rings. The molecular weight excluding hydrogens is 332 g/mol. The van der Waals surface area contributed by atoms with Crippen LogP contribution in [-0.4, -0.2) is 11.7 Å². The largest absolute Gasteiger partial charge is 0.356 e. The standard InChI is InChI=1S/C20H18N2O2S/c1-14(23)15-4-2-5-18(12-15)21-16-7-9-17(10-8-16)22-20(24)13-19-6-3-11-25-19/h2-12,21H,13H2,1H3,(H,22,24). The number of Topliss-reactive ketones (excluding diaryl/α,β-unsaturated/α-hetero) is 1. The number of thiophene rings is 1. The summed E-state index contributed by atoms with van der Waals surface area (Å²) < 4.78 is 0. The van der Waals surface area contributed by atoms with Gasteiger partial charge in [0.25, 0.3) is 0 Å². The molecular formula is C20H18N2O2S. The second-order valence-corrected chi connectivity index (χ2v) is 6.68. The Morgan fingerprint density at radius 2 is 1.68 bits per heavy atom. The predicted octanol–water partition coefficient (Wildman–Crippen LogP) is 4.88. The first-order valence-corrected chi connectivity index (χ1v) is 8.78. The Bertz CT molecular complexity index is 871. The first kappa shape index (κ1) is 16.9. The molecule has 0 saturated carbocycles. The van der Waals surface area contributed by atoms with E-state index < -0.39 is 0 Å². The van der Waals surface area contributed by atoms with Crippen LogP contribution in [0.1, 0.15) is 22.2 Å². The van der Waals surface area contributed by atoms with E-state index in [-0.39, 0.29) is 11.7 Å². The maximum absolute atomic E-state index is 12.0. The van der Waals surface area contributed by atoms with Crippen molar-refractivity contribution in [1.29, 1.82) is 0 Å². The van der Waals surface area contributed by atoms with E-state index in [2.05, 4.69) is 10.6 Å². The molecule has 5 heteroatoms. The Morgan fingerprint density at radius 1 is 0.920 bits per heavy atom. The smallest absolute Gasteiger partial charge is 0.229 e. The highest BCUT2D eigenvalue weighted by atomic mass is 32.1. The lowest BCUT2D eigenvalue weighted by atomic mass is 10.1. The third-order valence-electron chi connectivity index (χ3n) is 3.64. The molecule has 1 aromatic heterocycles. The molecule has 1 heterocycles. The maximum atomic E-state index is 12.0. The number of amides is 1. The number of ketones is 1. The van der Waals surface area contributed by atoms with Gasteiger partial charge in [-0.2, -0.15) is 0 Å². The molecule has 25 heavy (non-hydrogen) atoms. The molecule has 4 nitrogen and oxygen atoms in total. The second-order valence-electron chi connectivity index (χ2n) is 5.64. The van der Waals surface area contributed by atoms with Crippen molar-refractivity contribution in [3.63, 3.8) is 0 Å². The molecule has 0 atom stereocenters. The highest BCUT2D eigenvalue weighted by Crippen LogP contribution is 2.20. The van der Waals surface area contributed by atoms with Crippen molar-refractivity contribution >= 4 is 40.1 Å². The highest BCUT2D eigenvalue weighted by Gasteiger charge is 2.05. The van der Waals surface area contributed by atoms with Crippen LogP contribution in [0.4, 0.5) is 17.1 Å². The average molecular weight is 350 g/mol. The van der Waals surface area contributed by atoms with E-state index >= 15 is 0 Å². The Morgan fingerprint density at radius 3 is 2.36 bits per heavy atom. The molecule has 3 rings (SSSR count). The van der Waals surface area contributed by atoms with Crippen LogP contribution in [0.15, 0.2) is 66.0 Å². The van der Waals surface area contributed by atoms with Gasteiger partial charge in [-0.15, -0.1) is 11.3 Å². The van der Waals surface area contributed by atoms with Crippen LogP contribution in [0.5, 0.6) is 0 Å². The van der Waals surface area contributed by atoms with Crippen LogP contribution in [-0.2, 0) is 11.2 Å². The zero-order chi connectivity index (χ0) is 17.6. The lowest BCUT2D eigenvalue weighted by Gasteiger charge is -2.09. The second kappa shape index (κ2) is 7.77. The molecule has 0 aliphatic heterocycles. The summed E-state index contributed by atoms with van der Waals surface area (Å²) in [6, 6.07) is 18.7. The number of anilines is 3. The van der Waals surface area contributed by atoms with Crippen molar-refractivity contribution in [1.82, 2.24) is 0 Å². The van der Waals surface area contributed by atoms with Gasteiger partial charge in [0, 0.05) is 27.5 Å². The molecule has 2 N–H and O–H groups in total. The first-order valence-electron chi connectivity index (χ1n) is 7.90. The molecule has 0 fully saturated rings. The zero-order valence-electron chi connectivity index (χ0n) is 13.8. The number of nitrogens with one attached hydrogen (secondary N) is 2. The summed E-state index contributed by atoms with van der Waals surface area (Å²) in [4.78, 5) is 24.5. The minimum absolute atomic E-state index is 0.0303. The van der Waals surface area contributed by atoms with Crippen LogP contribution in [0.3, 0.4) is 0 Å². The van der Waals surface area contributed by atoms with Gasteiger partial charge in [0.15, 0.2) is 5.78 Å². The van der Waals surface area contributed by atoms with Crippen molar-refractivity contribution in [2.45, 2.75) is 13.3 Å². The summed E-state index contributed by atoms with van der Waals surface area (Å²) in [5, 5.41) is 8.11. The van der Waals surface area contributed by atoms with Gasteiger partial charge in [-0.1, -0.05) is 18.2 Å². The van der Waals surface area contributed by atoms with E-state index in [9.17, 15) is 9.59 Å². The summed E-state index contributed by atoms with van der Waals surface area (Å²) >= 11 is 1.57. The Hall–Kier alpha value is -2.92. The Labute approximate surface area is 150 Å². The summed E-state index contributed by atoms with van der Waals surface area (Å²) in [6.45, 7) is 1.55. The molecule has 0 aliphatic carbocycles.